The SMILES string of the molecule is Cc1nsc(N2CCC(Oc3ccc(C(=O)N(C)C)cn3)CC2)n1. The van der Waals surface area contributed by atoms with E-state index in [0.29, 0.717) is 11.4 Å². The maximum absolute atomic E-state index is 11.8. The summed E-state index contributed by atoms with van der Waals surface area (Å²) < 4.78 is 10.2. The van der Waals surface area contributed by atoms with E-state index in [1.807, 2.05) is 6.92 Å². The van der Waals surface area contributed by atoms with Crippen LogP contribution in [-0.2, 0) is 0 Å². The van der Waals surface area contributed by atoms with Crippen LogP contribution in [-0.4, -0.2) is 58.4 Å². The van der Waals surface area contributed by atoms with Crippen LogP contribution in [0.2, 0.25) is 0 Å². The third-order valence-electron chi connectivity index (χ3n) is 3.91. The summed E-state index contributed by atoms with van der Waals surface area (Å²) in [6, 6.07) is 3.51. The van der Waals surface area contributed by atoms with E-state index < -0.39 is 0 Å². The monoisotopic (exact) mass is 347 g/mol. The number of anilines is 1. The largest absolute Gasteiger partial charge is 0.474 e. The van der Waals surface area contributed by atoms with E-state index in [9.17, 15) is 4.79 Å². The molecule has 1 fully saturated rings. The Kier molecular flexibility index (Phi) is 4.94. The Morgan fingerprint density at radius 1 is 1.33 bits per heavy atom. The van der Waals surface area contributed by atoms with Gasteiger partial charge in [0.1, 0.15) is 11.9 Å². The van der Waals surface area contributed by atoms with Gasteiger partial charge < -0.3 is 14.5 Å². The van der Waals surface area contributed by atoms with Gasteiger partial charge in [0.2, 0.25) is 11.0 Å². The maximum Gasteiger partial charge on any atom is 0.254 e. The van der Waals surface area contributed by atoms with Crippen LogP contribution in [0.5, 0.6) is 5.88 Å². The molecule has 1 amide bonds. The number of aromatic nitrogens is 3. The Labute approximate surface area is 145 Å². The lowest BCUT2D eigenvalue weighted by Gasteiger charge is -2.31. The van der Waals surface area contributed by atoms with E-state index in [1.54, 1.807) is 32.4 Å². The summed E-state index contributed by atoms with van der Waals surface area (Å²) in [7, 11) is 3.44. The highest BCUT2D eigenvalue weighted by molar-refractivity contribution is 7.09. The Hall–Kier alpha value is -2.22. The molecule has 0 radical (unpaired) electrons. The topological polar surface area (TPSA) is 71.5 Å². The molecule has 128 valence electrons. The van der Waals surface area contributed by atoms with Crippen molar-refractivity contribution in [3.8, 4) is 5.88 Å². The van der Waals surface area contributed by atoms with Gasteiger partial charge in [-0.2, -0.15) is 4.37 Å². The maximum atomic E-state index is 11.8. The number of ether oxygens (including phenoxy) is 1. The fourth-order valence-corrected chi connectivity index (χ4v) is 3.31. The first-order chi connectivity index (χ1) is 11.5. The van der Waals surface area contributed by atoms with Gasteiger partial charge >= 0.3 is 0 Å². The molecule has 1 saturated heterocycles. The van der Waals surface area contributed by atoms with E-state index in [4.69, 9.17) is 4.74 Å². The van der Waals surface area contributed by atoms with Gasteiger partial charge in [0.05, 0.1) is 5.56 Å². The molecule has 1 aliphatic rings. The summed E-state index contributed by atoms with van der Waals surface area (Å²) >= 11 is 1.44. The fourth-order valence-electron chi connectivity index (χ4n) is 2.58. The van der Waals surface area contributed by atoms with Crippen LogP contribution >= 0.6 is 11.5 Å². The van der Waals surface area contributed by atoms with Crippen molar-refractivity contribution in [3.63, 3.8) is 0 Å². The summed E-state index contributed by atoms with van der Waals surface area (Å²) in [5.74, 6) is 1.33. The number of amides is 1. The van der Waals surface area contributed by atoms with Crippen molar-refractivity contribution in [3.05, 3.63) is 29.7 Å². The second-order valence-electron chi connectivity index (χ2n) is 6.01. The van der Waals surface area contributed by atoms with E-state index in [1.165, 1.54) is 16.4 Å². The minimum atomic E-state index is -0.0605. The highest BCUT2D eigenvalue weighted by Gasteiger charge is 2.23. The van der Waals surface area contributed by atoms with Crippen molar-refractivity contribution in [1.82, 2.24) is 19.2 Å². The molecule has 0 N–H and O–H groups in total. The molecule has 7 nitrogen and oxygen atoms in total. The number of carbonyl (C=O) groups excluding carboxylic acids is 1. The van der Waals surface area contributed by atoms with E-state index in [-0.39, 0.29) is 12.0 Å². The van der Waals surface area contributed by atoms with Crippen LogP contribution in [0.25, 0.3) is 0 Å². The standard InChI is InChI=1S/C16H21N5O2S/c1-11-18-16(24-19-11)21-8-6-13(7-9-21)23-14-5-4-12(10-17-14)15(22)20(2)3/h4-5,10,13H,6-9H2,1-3H3. The number of piperidine rings is 1. The lowest BCUT2D eigenvalue weighted by Crippen LogP contribution is -2.38. The Morgan fingerprint density at radius 2 is 2.08 bits per heavy atom. The van der Waals surface area contributed by atoms with Crippen molar-refractivity contribution in [2.75, 3.05) is 32.1 Å². The van der Waals surface area contributed by atoms with Crippen LogP contribution in [0.4, 0.5) is 5.13 Å². The van der Waals surface area contributed by atoms with Crippen LogP contribution < -0.4 is 9.64 Å². The number of carbonyl (C=O) groups is 1. The smallest absolute Gasteiger partial charge is 0.254 e. The third kappa shape index (κ3) is 3.81. The average Bonchev–Trinajstić information content (AvgIpc) is 3.02. The Bertz CT molecular complexity index is 693. The number of hydrogen-bond acceptors (Lipinski definition) is 7. The van der Waals surface area contributed by atoms with Gasteiger partial charge in [-0.1, -0.05) is 0 Å². The molecule has 2 aromatic rings. The lowest BCUT2D eigenvalue weighted by atomic mass is 10.1. The second kappa shape index (κ2) is 7.12. The van der Waals surface area contributed by atoms with E-state index in [0.717, 1.165) is 36.9 Å². The highest BCUT2D eigenvalue weighted by Crippen LogP contribution is 2.23. The average molecular weight is 347 g/mol. The highest BCUT2D eigenvalue weighted by atomic mass is 32.1. The first-order valence-corrected chi connectivity index (χ1v) is 8.70. The van der Waals surface area contributed by atoms with Gasteiger partial charge in [-0.05, 0) is 13.0 Å². The Morgan fingerprint density at radius 3 is 2.62 bits per heavy atom. The van der Waals surface area contributed by atoms with E-state index in [2.05, 4.69) is 19.2 Å². The molecule has 0 aromatic carbocycles. The molecular formula is C16H21N5O2S. The molecule has 24 heavy (non-hydrogen) atoms. The number of rotatable bonds is 4. The van der Waals surface area contributed by atoms with Crippen LogP contribution in [0.1, 0.15) is 29.0 Å². The molecular weight excluding hydrogens is 326 g/mol. The van der Waals surface area contributed by atoms with Crippen molar-refractivity contribution in [1.29, 1.82) is 0 Å². The predicted molar refractivity (Wildman–Crippen MR) is 92.8 cm³/mol. The van der Waals surface area contributed by atoms with Crippen molar-refractivity contribution >= 4 is 22.6 Å². The second-order valence-corrected chi connectivity index (χ2v) is 6.74. The van der Waals surface area contributed by atoms with Gasteiger partial charge in [-0.3, -0.25) is 4.79 Å². The van der Waals surface area contributed by atoms with Gasteiger partial charge in [-0.15, -0.1) is 0 Å². The first kappa shape index (κ1) is 16.6. The van der Waals surface area contributed by atoms with E-state index >= 15 is 0 Å². The lowest BCUT2D eigenvalue weighted by molar-refractivity contribution is 0.0827. The van der Waals surface area contributed by atoms with Crippen molar-refractivity contribution < 1.29 is 9.53 Å². The summed E-state index contributed by atoms with van der Waals surface area (Å²) in [4.78, 5) is 24.3. The molecule has 3 rings (SSSR count). The number of hydrogen-bond donors (Lipinski definition) is 0. The van der Waals surface area contributed by atoms with Crippen molar-refractivity contribution in [2.45, 2.75) is 25.9 Å². The normalized spacial score (nSPS) is 15.4. The zero-order valence-corrected chi connectivity index (χ0v) is 14.9. The third-order valence-corrected chi connectivity index (χ3v) is 4.77. The summed E-state index contributed by atoms with van der Waals surface area (Å²) in [5.41, 5.74) is 0.564. The molecule has 1 aliphatic heterocycles. The molecule has 0 aliphatic carbocycles. The van der Waals surface area contributed by atoms with Gasteiger partial charge in [0, 0.05) is 63.8 Å². The molecule has 0 atom stereocenters. The zero-order valence-electron chi connectivity index (χ0n) is 14.1. The fraction of sp³-hybridized carbons (Fsp3) is 0.500. The number of aryl methyl sites for hydroxylation is 1. The summed E-state index contributed by atoms with van der Waals surface area (Å²) in [6.45, 7) is 3.71. The Balaban J connectivity index is 1.53. The number of nitrogens with zero attached hydrogens (tertiary/aromatic N) is 5. The zero-order chi connectivity index (χ0) is 17.1. The molecule has 0 saturated carbocycles. The number of pyridine rings is 1. The van der Waals surface area contributed by atoms with Crippen molar-refractivity contribution in [2.24, 2.45) is 0 Å². The molecule has 0 unspecified atom stereocenters. The first-order valence-electron chi connectivity index (χ1n) is 7.92. The minimum Gasteiger partial charge on any atom is -0.474 e. The van der Waals surface area contributed by atoms with Crippen LogP contribution in [0.3, 0.4) is 0 Å². The molecule has 8 heteroatoms. The van der Waals surface area contributed by atoms with Gasteiger partial charge in [0.25, 0.3) is 5.91 Å². The van der Waals surface area contributed by atoms with Gasteiger partial charge in [0.15, 0.2) is 0 Å². The summed E-state index contributed by atoms with van der Waals surface area (Å²) in [6.07, 6.45) is 3.53. The van der Waals surface area contributed by atoms with Crippen LogP contribution in [0, 0.1) is 6.92 Å². The quantitative estimate of drug-likeness (QED) is 0.842. The molecule has 2 aromatic heterocycles. The summed E-state index contributed by atoms with van der Waals surface area (Å²) in [5, 5.41) is 0.982. The van der Waals surface area contributed by atoms with Gasteiger partial charge in [-0.25, -0.2) is 9.97 Å². The van der Waals surface area contributed by atoms with Crippen LogP contribution in [0.15, 0.2) is 18.3 Å². The molecule has 0 bridgehead atoms. The minimum absolute atomic E-state index is 0.0605. The predicted octanol–water partition coefficient (Wildman–Crippen LogP) is 1.99. The molecule has 0 spiro atoms. The molecule has 3 heterocycles.